The van der Waals surface area contributed by atoms with E-state index in [-0.39, 0.29) is 12.0 Å². The van der Waals surface area contributed by atoms with Crippen molar-refractivity contribution in [3.63, 3.8) is 0 Å². The number of nitrogens with one attached hydrogen (secondary N) is 1. The molecule has 0 fully saturated rings. The summed E-state index contributed by atoms with van der Waals surface area (Å²) in [6.07, 6.45) is -0.205. The summed E-state index contributed by atoms with van der Waals surface area (Å²) in [6, 6.07) is 0.228. The van der Waals surface area contributed by atoms with Crippen molar-refractivity contribution in [2.45, 2.75) is 19.4 Å². The molecule has 0 radical (unpaired) electrons. The quantitative estimate of drug-likeness (QED) is 0.742. The molecule has 0 spiro atoms. The van der Waals surface area contributed by atoms with Crippen molar-refractivity contribution in [1.29, 1.82) is 0 Å². The summed E-state index contributed by atoms with van der Waals surface area (Å²) in [4.78, 5) is 22.5. The molecule has 104 valence electrons. The topological polar surface area (TPSA) is 86.6 Å². The summed E-state index contributed by atoms with van der Waals surface area (Å²) in [7, 11) is 0. The van der Waals surface area contributed by atoms with Crippen LogP contribution in [-0.4, -0.2) is 34.7 Å². The zero-order valence-electron chi connectivity index (χ0n) is 10.1. The summed E-state index contributed by atoms with van der Waals surface area (Å²) in [5, 5.41) is 19.5. The number of rotatable bonds is 5. The largest absolute Gasteiger partial charge is 0.480 e. The highest BCUT2D eigenvalue weighted by Gasteiger charge is 2.22. The number of benzene rings is 1. The fourth-order valence-electron chi connectivity index (χ4n) is 1.45. The molecule has 0 unspecified atom stereocenters. The molecule has 7 heteroatoms. The lowest BCUT2D eigenvalue weighted by molar-refractivity contribution is -0.139. The molecule has 0 saturated heterocycles. The van der Waals surface area contributed by atoms with Gasteiger partial charge in [-0.1, -0.05) is 0 Å². The van der Waals surface area contributed by atoms with Gasteiger partial charge in [-0.05, 0) is 18.6 Å². The summed E-state index contributed by atoms with van der Waals surface area (Å²) >= 11 is 0. The fraction of sp³-hybridized carbons (Fsp3) is 0.333. The first kappa shape index (κ1) is 15.0. The second-order valence-electron chi connectivity index (χ2n) is 3.96. The molecule has 0 aliphatic carbocycles. The van der Waals surface area contributed by atoms with Gasteiger partial charge >= 0.3 is 5.97 Å². The van der Waals surface area contributed by atoms with Gasteiger partial charge in [-0.25, -0.2) is 13.6 Å². The number of halogens is 2. The maximum absolute atomic E-state index is 13.4. The lowest BCUT2D eigenvalue weighted by Gasteiger charge is -2.14. The third-order valence-electron chi connectivity index (χ3n) is 2.51. The number of aryl methyl sites for hydroxylation is 1. The number of aliphatic carboxylic acids is 1. The Labute approximate surface area is 107 Å². The molecular formula is C12H13F2NO4. The summed E-state index contributed by atoms with van der Waals surface area (Å²) in [5.74, 6) is -4.18. The van der Waals surface area contributed by atoms with E-state index in [9.17, 15) is 18.4 Å². The number of carboxylic acid groups (broad SMARTS) is 1. The van der Waals surface area contributed by atoms with E-state index >= 15 is 0 Å². The zero-order valence-corrected chi connectivity index (χ0v) is 10.1. The smallest absolute Gasteiger partial charge is 0.326 e. The van der Waals surface area contributed by atoms with Crippen LogP contribution in [0.1, 0.15) is 22.3 Å². The van der Waals surface area contributed by atoms with E-state index in [0.29, 0.717) is 6.07 Å². The van der Waals surface area contributed by atoms with Gasteiger partial charge in [0.05, 0.1) is 5.56 Å². The maximum Gasteiger partial charge on any atom is 0.326 e. The van der Waals surface area contributed by atoms with Crippen molar-refractivity contribution in [2.75, 3.05) is 6.61 Å². The number of carbonyl (C=O) groups is 2. The van der Waals surface area contributed by atoms with Crippen LogP contribution in [0.3, 0.4) is 0 Å². The number of carbonyl (C=O) groups excluding carboxylic acids is 1. The molecule has 1 aromatic carbocycles. The number of carboxylic acids is 1. The van der Waals surface area contributed by atoms with E-state index in [1.807, 2.05) is 0 Å². The van der Waals surface area contributed by atoms with Crippen LogP contribution >= 0.6 is 0 Å². The Morgan fingerprint density at radius 2 is 1.95 bits per heavy atom. The first-order chi connectivity index (χ1) is 8.86. The predicted molar refractivity (Wildman–Crippen MR) is 61.7 cm³/mol. The number of aliphatic hydroxyl groups excluding tert-OH is 1. The highest BCUT2D eigenvalue weighted by molar-refractivity contribution is 5.97. The standard InChI is InChI=1S/C12H13F2NO4/c1-6-4-7(9(14)5-8(6)13)11(17)15-10(2-3-16)12(18)19/h4-5,10,16H,2-3H2,1H3,(H,15,17)(H,18,19)/t10-/m1/s1. The van der Waals surface area contributed by atoms with Gasteiger partial charge in [0.15, 0.2) is 0 Å². The Kier molecular flexibility index (Phi) is 4.94. The average Bonchev–Trinajstić information content (AvgIpc) is 2.32. The molecular weight excluding hydrogens is 260 g/mol. The number of hydrogen-bond donors (Lipinski definition) is 3. The molecule has 0 bridgehead atoms. The molecule has 19 heavy (non-hydrogen) atoms. The van der Waals surface area contributed by atoms with Crippen LogP contribution < -0.4 is 5.32 Å². The van der Waals surface area contributed by atoms with Crippen LogP contribution in [0, 0.1) is 18.6 Å². The summed E-state index contributed by atoms with van der Waals surface area (Å²) < 4.78 is 26.5. The van der Waals surface area contributed by atoms with Gasteiger partial charge in [-0.2, -0.15) is 0 Å². The first-order valence-corrected chi connectivity index (χ1v) is 5.47. The molecule has 0 aliphatic rings. The Hall–Kier alpha value is -2.02. The number of hydrogen-bond acceptors (Lipinski definition) is 3. The molecule has 1 atom stereocenters. The predicted octanol–water partition coefficient (Wildman–Crippen LogP) is 0.839. The Morgan fingerprint density at radius 1 is 1.32 bits per heavy atom. The van der Waals surface area contributed by atoms with Crippen LogP contribution in [-0.2, 0) is 4.79 Å². The Bertz CT molecular complexity index is 505. The molecule has 1 amide bonds. The van der Waals surface area contributed by atoms with E-state index in [1.165, 1.54) is 6.92 Å². The maximum atomic E-state index is 13.4. The molecule has 0 heterocycles. The van der Waals surface area contributed by atoms with E-state index in [2.05, 4.69) is 5.32 Å². The van der Waals surface area contributed by atoms with E-state index in [1.54, 1.807) is 0 Å². The van der Waals surface area contributed by atoms with Gasteiger partial charge < -0.3 is 15.5 Å². The molecule has 1 aromatic rings. The molecule has 0 aromatic heterocycles. The molecule has 5 nitrogen and oxygen atoms in total. The van der Waals surface area contributed by atoms with Crippen molar-refractivity contribution >= 4 is 11.9 Å². The molecule has 1 rings (SSSR count). The van der Waals surface area contributed by atoms with Gasteiger partial charge in [0, 0.05) is 19.1 Å². The van der Waals surface area contributed by atoms with Crippen LogP contribution in [0.2, 0.25) is 0 Å². The van der Waals surface area contributed by atoms with Crippen LogP contribution in [0.15, 0.2) is 12.1 Å². The summed E-state index contributed by atoms with van der Waals surface area (Å²) in [6.45, 7) is 0.913. The molecule has 0 saturated carbocycles. The minimum Gasteiger partial charge on any atom is -0.480 e. The van der Waals surface area contributed by atoms with E-state index in [4.69, 9.17) is 10.2 Å². The third-order valence-corrected chi connectivity index (χ3v) is 2.51. The third kappa shape index (κ3) is 3.72. The first-order valence-electron chi connectivity index (χ1n) is 5.47. The monoisotopic (exact) mass is 273 g/mol. The van der Waals surface area contributed by atoms with E-state index < -0.39 is 41.7 Å². The SMILES string of the molecule is Cc1cc(C(=O)N[C@H](CCO)C(=O)O)c(F)cc1F. The Morgan fingerprint density at radius 3 is 2.47 bits per heavy atom. The second-order valence-corrected chi connectivity index (χ2v) is 3.96. The molecule has 3 N–H and O–H groups in total. The lowest BCUT2D eigenvalue weighted by Crippen LogP contribution is -2.41. The highest BCUT2D eigenvalue weighted by Crippen LogP contribution is 2.14. The number of amides is 1. The van der Waals surface area contributed by atoms with Crippen LogP contribution in [0.25, 0.3) is 0 Å². The van der Waals surface area contributed by atoms with Gasteiger partial charge in [0.25, 0.3) is 5.91 Å². The van der Waals surface area contributed by atoms with Crippen molar-refractivity contribution in [2.24, 2.45) is 0 Å². The van der Waals surface area contributed by atoms with Crippen LogP contribution in [0.4, 0.5) is 8.78 Å². The lowest BCUT2D eigenvalue weighted by atomic mass is 10.1. The number of aliphatic hydroxyl groups is 1. The van der Waals surface area contributed by atoms with Crippen molar-refractivity contribution in [1.82, 2.24) is 5.32 Å². The van der Waals surface area contributed by atoms with Crippen molar-refractivity contribution in [3.8, 4) is 0 Å². The summed E-state index contributed by atoms with van der Waals surface area (Å²) in [5.41, 5.74) is -0.372. The second kappa shape index (κ2) is 6.24. The van der Waals surface area contributed by atoms with Gasteiger partial charge in [0.1, 0.15) is 17.7 Å². The van der Waals surface area contributed by atoms with Crippen LogP contribution in [0.5, 0.6) is 0 Å². The molecule has 0 aliphatic heterocycles. The van der Waals surface area contributed by atoms with Gasteiger partial charge in [-0.15, -0.1) is 0 Å². The fourth-order valence-corrected chi connectivity index (χ4v) is 1.45. The zero-order chi connectivity index (χ0) is 14.6. The van der Waals surface area contributed by atoms with Gasteiger partial charge in [-0.3, -0.25) is 4.79 Å². The van der Waals surface area contributed by atoms with Crippen molar-refractivity contribution in [3.05, 3.63) is 34.9 Å². The Balaban J connectivity index is 2.94. The normalized spacial score (nSPS) is 12.0. The van der Waals surface area contributed by atoms with E-state index in [0.717, 1.165) is 6.07 Å². The average molecular weight is 273 g/mol. The van der Waals surface area contributed by atoms with Crippen molar-refractivity contribution < 1.29 is 28.6 Å². The van der Waals surface area contributed by atoms with Gasteiger partial charge in [0.2, 0.25) is 0 Å². The minimum absolute atomic E-state index is 0.0700. The minimum atomic E-state index is -1.35. The highest BCUT2D eigenvalue weighted by atomic mass is 19.1.